The topological polar surface area (TPSA) is 104 Å². The predicted molar refractivity (Wildman–Crippen MR) is 74.0 cm³/mol. The minimum Gasteiger partial charge on any atom is -0.496 e. The second-order valence-electron chi connectivity index (χ2n) is 4.11. The molecular weight excluding hydrogens is 322 g/mol. The largest absolute Gasteiger partial charge is 0.496 e. The van der Waals surface area contributed by atoms with Crippen LogP contribution in [0, 0.1) is 10.1 Å². The zero-order valence-corrected chi connectivity index (χ0v) is 12.3. The number of hydrogen-bond acceptors (Lipinski definition) is 6. The molecule has 2 rings (SSSR count). The number of aromatic nitrogens is 2. The Hall–Kier alpha value is -2.13. The van der Waals surface area contributed by atoms with Gasteiger partial charge in [0.05, 0.1) is 30.8 Å². The van der Waals surface area contributed by atoms with E-state index in [2.05, 4.69) is 5.10 Å². The minimum absolute atomic E-state index is 0.123. The van der Waals surface area contributed by atoms with Gasteiger partial charge < -0.3 is 4.74 Å². The van der Waals surface area contributed by atoms with Crippen LogP contribution in [-0.2, 0) is 15.6 Å². The first-order valence-electron chi connectivity index (χ1n) is 5.59. The molecule has 1 aromatic heterocycles. The van der Waals surface area contributed by atoms with Crippen LogP contribution in [0.1, 0.15) is 5.56 Å². The number of non-ortho nitro benzene ring substituents is 1. The molecule has 0 bridgehead atoms. The van der Waals surface area contributed by atoms with Crippen molar-refractivity contribution in [2.45, 2.75) is 11.4 Å². The van der Waals surface area contributed by atoms with Crippen LogP contribution in [0.2, 0.25) is 0 Å². The van der Waals surface area contributed by atoms with E-state index < -0.39 is 14.0 Å². The molecule has 0 aliphatic heterocycles. The number of ether oxygens (including phenoxy) is 1. The molecule has 112 valence electrons. The van der Waals surface area contributed by atoms with Crippen molar-refractivity contribution >= 4 is 25.4 Å². The van der Waals surface area contributed by atoms with Gasteiger partial charge in [-0.25, -0.2) is 8.42 Å². The van der Waals surface area contributed by atoms with Gasteiger partial charge in [0, 0.05) is 22.9 Å². The predicted octanol–water partition coefficient (Wildman–Crippen LogP) is 1.78. The molecule has 0 spiro atoms. The number of hydrogen-bond donors (Lipinski definition) is 0. The molecule has 0 saturated heterocycles. The standard InChI is InChI=1S/C11H10ClN3O5S/c1-20-10-3-8(2-9(4-10)15(16)17)6-14-7-11(5-13-14)21(12,18)19/h2-5,7H,6H2,1H3. The molecule has 0 saturated carbocycles. The van der Waals surface area contributed by atoms with Gasteiger partial charge in [0.15, 0.2) is 0 Å². The third-order valence-electron chi connectivity index (χ3n) is 2.63. The first-order valence-corrected chi connectivity index (χ1v) is 7.90. The average molecular weight is 332 g/mol. The second-order valence-corrected chi connectivity index (χ2v) is 6.67. The lowest BCUT2D eigenvalue weighted by Gasteiger charge is -2.05. The molecule has 0 radical (unpaired) electrons. The van der Waals surface area contributed by atoms with Crippen LogP contribution in [-0.4, -0.2) is 30.2 Å². The quantitative estimate of drug-likeness (QED) is 0.470. The van der Waals surface area contributed by atoms with Crippen molar-refractivity contribution in [3.63, 3.8) is 0 Å². The fraction of sp³-hybridized carbons (Fsp3) is 0.182. The van der Waals surface area contributed by atoms with Crippen LogP contribution in [0.5, 0.6) is 5.75 Å². The van der Waals surface area contributed by atoms with Gasteiger partial charge in [-0.05, 0) is 11.6 Å². The molecule has 1 aromatic carbocycles. The molecule has 0 aliphatic rings. The summed E-state index contributed by atoms with van der Waals surface area (Å²) in [5.74, 6) is 0.330. The highest BCUT2D eigenvalue weighted by atomic mass is 35.7. The lowest BCUT2D eigenvalue weighted by molar-refractivity contribution is -0.385. The van der Waals surface area contributed by atoms with Gasteiger partial charge in [0.25, 0.3) is 14.7 Å². The van der Waals surface area contributed by atoms with E-state index in [1.165, 1.54) is 30.1 Å². The van der Waals surface area contributed by atoms with Crippen molar-refractivity contribution in [2.75, 3.05) is 7.11 Å². The lowest BCUT2D eigenvalue weighted by Crippen LogP contribution is -2.01. The van der Waals surface area contributed by atoms with Crippen molar-refractivity contribution in [1.82, 2.24) is 9.78 Å². The van der Waals surface area contributed by atoms with Crippen molar-refractivity contribution in [3.05, 3.63) is 46.3 Å². The number of benzene rings is 1. The van der Waals surface area contributed by atoms with Gasteiger partial charge >= 0.3 is 0 Å². The number of nitrogens with zero attached hydrogens (tertiary/aromatic N) is 3. The van der Waals surface area contributed by atoms with Gasteiger partial charge in [-0.1, -0.05) is 0 Å². The molecule has 10 heteroatoms. The fourth-order valence-corrected chi connectivity index (χ4v) is 2.36. The van der Waals surface area contributed by atoms with Crippen LogP contribution in [0.3, 0.4) is 0 Å². The van der Waals surface area contributed by atoms with Crippen LogP contribution in [0.15, 0.2) is 35.5 Å². The summed E-state index contributed by atoms with van der Waals surface area (Å²) in [7, 11) is 2.74. The first-order chi connectivity index (χ1) is 9.79. The van der Waals surface area contributed by atoms with Gasteiger partial charge in [-0.15, -0.1) is 0 Å². The summed E-state index contributed by atoms with van der Waals surface area (Å²) < 4.78 is 28.6. The number of rotatable bonds is 5. The summed E-state index contributed by atoms with van der Waals surface area (Å²) in [6, 6.07) is 4.25. The zero-order chi connectivity index (χ0) is 15.6. The van der Waals surface area contributed by atoms with Crippen LogP contribution < -0.4 is 4.74 Å². The monoisotopic (exact) mass is 331 g/mol. The molecule has 8 nitrogen and oxygen atoms in total. The minimum atomic E-state index is -3.85. The number of nitro benzene ring substituents is 1. The van der Waals surface area contributed by atoms with Gasteiger partial charge in [-0.3, -0.25) is 14.8 Å². The summed E-state index contributed by atoms with van der Waals surface area (Å²) in [6.07, 6.45) is 2.35. The van der Waals surface area contributed by atoms with E-state index in [4.69, 9.17) is 15.4 Å². The summed E-state index contributed by atoms with van der Waals surface area (Å²) in [5, 5.41) is 14.7. The van der Waals surface area contributed by atoms with Crippen molar-refractivity contribution in [1.29, 1.82) is 0 Å². The Kier molecular flexibility index (Phi) is 4.14. The normalized spacial score (nSPS) is 11.3. The zero-order valence-electron chi connectivity index (χ0n) is 10.8. The highest BCUT2D eigenvalue weighted by Gasteiger charge is 2.14. The first kappa shape index (κ1) is 15.3. The summed E-state index contributed by atoms with van der Waals surface area (Å²) in [5.41, 5.74) is 0.421. The second kappa shape index (κ2) is 5.70. The molecule has 21 heavy (non-hydrogen) atoms. The maximum absolute atomic E-state index is 11.1. The van der Waals surface area contributed by atoms with E-state index in [0.717, 1.165) is 6.20 Å². The van der Waals surface area contributed by atoms with Gasteiger partial charge in [-0.2, -0.15) is 5.10 Å². The van der Waals surface area contributed by atoms with Crippen molar-refractivity contribution in [2.24, 2.45) is 0 Å². The molecular formula is C11H10ClN3O5S. The SMILES string of the molecule is COc1cc(Cn2cc(S(=O)(=O)Cl)cn2)cc([N+](=O)[O-])c1. The summed E-state index contributed by atoms with van der Waals surface area (Å²) in [6.45, 7) is 0.143. The van der Waals surface area contributed by atoms with E-state index in [-0.39, 0.29) is 17.1 Å². The smallest absolute Gasteiger partial charge is 0.273 e. The lowest BCUT2D eigenvalue weighted by atomic mass is 10.2. The van der Waals surface area contributed by atoms with E-state index in [0.29, 0.717) is 11.3 Å². The Balaban J connectivity index is 2.33. The van der Waals surface area contributed by atoms with Crippen molar-refractivity contribution in [3.8, 4) is 5.75 Å². The van der Waals surface area contributed by atoms with Gasteiger partial charge in [0.2, 0.25) is 0 Å². The maximum Gasteiger partial charge on any atom is 0.273 e. The van der Waals surface area contributed by atoms with E-state index in [9.17, 15) is 18.5 Å². The Morgan fingerprint density at radius 2 is 2.14 bits per heavy atom. The Morgan fingerprint density at radius 3 is 2.67 bits per heavy atom. The van der Waals surface area contributed by atoms with Gasteiger partial charge in [0.1, 0.15) is 10.6 Å². The Morgan fingerprint density at radius 1 is 1.43 bits per heavy atom. The van der Waals surface area contributed by atoms with E-state index in [1.807, 2.05) is 0 Å². The molecule has 0 N–H and O–H groups in total. The average Bonchev–Trinajstić information content (AvgIpc) is 2.86. The highest BCUT2D eigenvalue weighted by molar-refractivity contribution is 8.13. The Labute approximate surface area is 124 Å². The molecule has 2 aromatic rings. The van der Waals surface area contributed by atoms with E-state index in [1.54, 1.807) is 6.07 Å². The molecule has 0 aliphatic carbocycles. The molecule has 0 amide bonds. The molecule has 0 fully saturated rings. The molecule has 0 unspecified atom stereocenters. The van der Waals surface area contributed by atoms with Crippen LogP contribution in [0.4, 0.5) is 5.69 Å². The summed E-state index contributed by atoms with van der Waals surface area (Å²) in [4.78, 5) is 10.2. The third-order valence-corrected chi connectivity index (χ3v) is 3.94. The molecule has 0 atom stereocenters. The van der Waals surface area contributed by atoms with E-state index >= 15 is 0 Å². The molecule has 1 heterocycles. The Bertz CT molecular complexity index is 787. The van der Waals surface area contributed by atoms with Crippen LogP contribution in [0.25, 0.3) is 0 Å². The number of halogens is 1. The van der Waals surface area contributed by atoms with Crippen molar-refractivity contribution < 1.29 is 18.1 Å². The number of methoxy groups -OCH3 is 1. The summed E-state index contributed by atoms with van der Waals surface area (Å²) >= 11 is 0. The number of nitro groups is 1. The maximum atomic E-state index is 11.1. The third kappa shape index (κ3) is 3.70. The fourth-order valence-electron chi connectivity index (χ4n) is 1.70. The highest BCUT2D eigenvalue weighted by Crippen LogP contribution is 2.23. The van der Waals surface area contributed by atoms with Crippen LogP contribution >= 0.6 is 10.7 Å².